The van der Waals surface area contributed by atoms with Gasteiger partial charge in [0.15, 0.2) is 0 Å². The molecule has 3 rings (SSSR count). The number of aliphatic carboxylic acids is 1. The summed E-state index contributed by atoms with van der Waals surface area (Å²) in [5.74, 6) is -0.154. The van der Waals surface area contributed by atoms with E-state index in [1.165, 1.54) is 24.2 Å². The van der Waals surface area contributed by atoms with Crippen LogP contribution in [0.5, 0.6) is 0 Å². The topological polar surface area (TPSA) is 78.9 Å². The highest BCUT2D eigenvalue weighted by molar-refractivity contribution is 7.12. The quantitative estimate of drug-likeness (QED) is 0.710. The molecule has 2 N–H and O–H groups in total. The molecule has 24 heavy (non-hydrogen) atoms. The highest BCUT2D eigenvalue weighted by Crippen LogP contribution is 2.34. The predicted octanol–water partition coefficient (Wildman–Crippen LogP) is 1.95. The summed E-state index contributed by atoms with van der Waals surface area (Å²) in [6.45, 7) is 1.42. The monoisotopic (exact) mass is 352 g/mol. The molecule has 1 aromatic rings. The second-order valence-electron chi connectivity index (χ2n) is 6.77. The molecule has 0 radical (unpaired) electrons. The fourth-order valence-corrected chi connectivity index (χ4v) is 4.02. The van der Waals surface area contributed by atoms with Crippen molar-refractivity contribution in [2.24, 2.45) is 5.92 Å². The van der Waals surface area contributed by atoms with Gasteiger partial charge in [-0.15, -0.1) is 11.3 Å². The minimum absolute atomic E-state index is 0.0486. The zero-order valence-electron chi connectivity index (χ0n) is 13.9. The van der Waals surface area contributed by atoms with Gasteiger partial charge in [-0.1, -0.05) is 0 Å². The Bertz CT molecular complexity index is 593. The molecule has 2 aliphatic carbocycles. The Balaban J connectivity index is 1.49. The molecule has 1 amide bonds. The largest absolute Gasteiger partial charge is 0.480 e. The number of rotatable bonds is 9. The first-order valence-electron chi connectivity index (χ1n) is 8.38. The first-order chi connectivity index (χ1) is 11.6. The Morgan fingerprint density at radius 2 is 2.17 bits per heavy atom. The summed E-state index contributed by atoms with van der Waals surface area (Å²) < 4.78 is 5.12. The zero-order chi connectivity index (χ0) is 17.1. The van der Waals surface area contributed by atoms with E-state index in [4.69, 9.17) is 9.84 Å². The van der Waals surface area contributed by atoms with Gasteiger partial charge in [0.2, 0.25) is 0 Å². The van der Waals surface area contributed by atoms with E-state index in [1.807, 2.05) is 11.4 Å². The van der Waals surface area contributed by atoms with Crippen molar-refractivity contribution in [3.8, 4) is 0 Å². The van der Waals surface area contributed by atoms with Gasteiger partial charge in [0.05, 0.1) is 18.0 Å². The molecule has 1 aromatic heterocycles. The summed E-state index contributed by atoms with van der Waals surface area (Å²) in [5.41, 5.74) is 0.914. The van der Waals surface area contributed by atoms with E-state index in [9.17, 15) is 9.59 Å². The molecule has 0 aliphatic heterocycles. The van der Waals surface area contributed by atoms with Gasteiger partial charge in [0.25, 0.3) is 5.91 Å². The lowest BCUT2D eigenvalue weighted by molar-refractivity contribution is -0.139. The Morgan fingerprint density at radius 3 is 2.79 bits per heavy atom. The van der Waals surface area contributed by atoms with Crippen molar-refractivity contribution in [1.29, 1.82) is 0 Å². The molecule has 2 fully saturated rings. The molecule has 7 heteroatoms. The van der Waals surface area contributed by atoms with E-state index in [0.717, 1.165) is 24.9 Å². The number of methoxy groups -OCH3 is 1. The third kappa shape index (κ3) is 4.34. The van der Waals surface area contributed by atoms with Crippen LogP contribution in [0.15, 0.2) is 11.4 Å². The van der Waals surface area contributed by atoms with Crippen LogP contribution < -0.4 is 5.32 Å². The van der Waals surface area contributed by atoms with Crippen molar-refractivity contribution in [2.45, 2.75) is 44.4 Å². The van der Waals surface area contributed by atoms with Crippen LogP contribution >= 0.6 is 11.3 Å². The van der Waals surface area contributed by atoms with Crippen molar-refractivity contribution in [3.63, 3.8) is 0 Å². The predicted molar refractivity (Wildman–Crippen MR) is 91.2 cm³/mol. The lowest BCUT2D eigenvalue weighted by Crippen LogP contribution is -2.55. The molecule has 0 atom stereocenters. The van der Waals surface area contributed by atoms with Crippen molar-refractivity contribution < 1.29 is 19.4 Å². The van der Waals surface area contributed by atoms with E-state index in [1.54, 1.807) is 7.11 Å². The van der Waals surface area contributed by atoms with E-state index in [2.05, 4.69) is 10.2 Å². The molecule has 6 nitrogen and oxygen atoms in total. The smallest absolute Gasteiger partial charge is 0.317 e. The number of nitrogens with zero attached hydrogens (tertiary/aromatic N) is 1. The first kappa shape index (κ1) is 17.4. The number of ether oxygens (including phenoxy) is 1. The second-order valence-corrected chi connectivity index (χ2v) is 7.69. The van der Waals surface area contributed by atoms with Gasteiger partial charge in [0.1, 0.15) is 0 Å². The number of hydrogen-bond acceptors (Lipinski definition) is 5. The minimum Gasteiger partial charge on any atom is -0.480 e. The third-order valence-corrected chi connectivity index (χ3v) is 5.70. The average Bonchev–Trinajstić information content (AvgIpc) is 3.17. The maximum absolute atomic E-state index is 12.4. The lowest BCUT2D eigenvalue weighted by atomic mass is 9.85. The number of amides is 1. The second kappa shape index (κ2) is 7.63. The fourth-order valence-electron chi connectivity index (χ4n) is 3.21. The van der Waals surface area contributed by atoms with Gasteiger partial charge >= 0.3 is 5.97 Å². The minimum atomic E-state index is -0.772. The van der Waals surface area contributed by atoms with Crippen LogP contribution in [-0.4, -0.2) is 54.2 Å². The highest BCUT2D eigenvalue weighted by atomic mass is 32.1. The van der Waals surface area contributed by atoms with Crippen LogP contribution in [0.1, 0.15) is 40.9 Å². The number of nitrogens with one attached hydrogen (secondary N) is 1. The van der Waals surface area contributed by atoms with Gasteiger partial charge in [-0.3, -0.25) is 14.5 Å². The number of carbonyl (C=O) groups is 2. The normalized spacial score (nSPS) is 23.1. The summed E-state index contributed by atoms with van der Waals surface area (Å²) in [4.78, 5) is 26.2. The van der Waals surface area contributed by atoms with E-state index in [0.29, 0.717) is 17.4 Å². The van der Waals surface area contributed by atoms with Gasteiger partial charge in [-0.05, 0) is 43.0 Å². The van der Waals surface area contributed by atoms with Gasteiger partial charge in [-0.25, -0.2) is 0 Å². The SMILES string of the molecule is COCc1ccsc1C(=O)NC1CC(N(CC(=O)O)CC2CC2)C1. The molecule has 1 heterocycles. The van der Waals surface area contributed by atoms with Crippen LogP contribution in [-0.2, 0) is 16.1 Å². The Hall–Kier alpha value is -1.44. The van der Waals surface area contributed by atoms with Crippen LogP contribution in [0.3, 0.4) is 0 Å². The van der Waals surface area contributed by atoms with E-state index in [-0.39, 0.29) is 24.5 Å². The van der Waals surface area contributed by atoms with E-state index < -0.39 is 5.97 Å². The zero-order valence-corrected chi connectivity index (χ0v) is 14.7. The van der Waals surface area contributed by atoms with Crippen molar-refractivity contribution >= 4 is 23.2 Å². The Kier molecular flexibility index (Phi) is 5.53. The number of carboxylic acids is 1. The summed E-state index contributed by atoms with van der Waals surface area (Å²) in [6, 6.07) is 2.32. The number of thiophene rings is 1. The molecular formula is C17H24N2O4S. The summed E-state index contributed by atoms with van der Waals surface area (Å²) in [6.07, 6.45) is 4.08. The van der Waals surface area contributed by atoms with E-state index >= 15 is 0 Å². The van der Waals surface area contributed by atoms with Gasteiger partial charge < -0.3 is 15.2 Å². The molecule has 0 bridgehead atoms. The van der Waals surface area contributed by atoms with Crippen LogP contribution in [0, 0.1) is 5.92 Å². The maximum Gasteiger partial charge on any atom is 0.317 e. The molecule has 0 saturated heterocycles. The standard InChI is InChI=1S/C17H24N2O4S/c1-23-10-12-4-5-24-16(12)17(22)18-13-6-14(7-13)19(9-15(20)21)8-11-2-3-11/h4-5,11,13-14H,2-3,6-10H2,1H3,(H,18,22)(H,20,21). The lowest BCUT2D eigenvalue weighted by Gasteiger charge is -2.42. The first-order valence-corrected chi connectivity index (χ1v) is 9.26. The number of carbonyl (C=O) groups excluding carboxylic acids is 1. The molecule has 0 aromatic carbocycles. The highest BCUT2D eigenvalue weighted by Gasteiger charge is 2.38. The fraction of sp³-hybridized carbons (Fsp3) is 0.647. The van der Waals surface area contributed by atoms with Gasteiger partial charge in [-0.2, -0.15) is 0 Å². The van der Waals surface area contributed by atoms with Crippen molar-refractivity contribution in [1.82, 2.24) is 10.2 Å². The molecule has 2 saturated carbocycles. The molecule has 2 aliphatic rings. The average molecular weight is 352 g/mol. The van der Waals surface area contributed by atoms with Crippen LogP contribution in [0.4, 0.5) is 0 Å². The van der Waals surface area contributed by atoms with Crippen molar-refractivity contribution in [2.75, 3.05) is 20.2 Å². The molecule has 0 unspecified atom stereocenters. The Morgan fingerprint density at radius 1 is 1.42 bits per heavy atom. The number of hydrogen-bond donors (Lipinski definition) is 2. The molecule has 0 spiro atoms. The Labute approximate surface area is 145 Å². The molecule has 132 valence electrons. The van der Waals surface area contributed by atoms with Crippen LogP contribution in [0.2, 0.25) is 0 Å². The maximum atomic E-state index is 12.4. The summed E-state index contributed by atoms with van der Waals surface area (Å²) in [5, 5.41) is 14.0. The number of carboxylic acid groups (broad SMARTS) is 1. The summed E-state index contributed by atoms with van der Waals surface area (Å²) in [7, 11) is 1.62. The van der Waals surface area contributed by atoms with Crippen LogP contribution in [0.25, 0.3) is 0 Å². The summed E-state index contributed by atoms with van der Waals surface area (Å²) >= 11 is 1.43. The third-order valence-electron chi connectivity index (χ3n) is 4.75. The van der Waals surface area contributed by atoms with Gasteiger partial charge in [0, 0.05) is 31.3 Å². The molecular weight excluding hydrogens is 328 g/mol. The van der Waals surface area contributed by atoms with Crippen molar-refractivity contribution in [3.05, 3.63) is 21.9 Å².